The molecule has 1 fully saturated rings. The first-order valence-electron chi connectivity index (χ1n) is 4.65. The lowest BCUT2D eigenvalue weighted by Gasteiger charge is -2.04. The maximum absolute atomic E-state index is 11.3. The summed E-state index contributed by atoms with van der Waals surface area (Å²) in [6.45, 7) is 0.652. The van der Waals surface area contributed by atoms with Crippen LogP contribution in [0.1, 0.15) is 18.5 Å². The molecule has 0 unspecified atom stereocenters. The van der Waals surface area contributed by atoms with Gasteiger partial charge in [0.15, 0.2) is 0 Å². The Morgan fingerprint density at radius 3 is 3.00 bits per heavy atom. The number of hydrogen-bond donors (Lipinski definition) is 1. The van der Waals surface area contributed by atoms with Crippen molar-refractivity contribution in [2.24, 2.45) is 13.0 Å². The summed E-state index contributed by atoms with van der Waals surface area (Å²) in [6.07, 6.45) is 4.12. The van der Waals surface area contributed by atoms with E-state index in [1.807, 2.05) is 29.9 Å². The van der Waals surface area contributed by atoms with Gasteiger partial charge in [-0.15, -0.1) is 0 Å². The molecule has 3 nitrogen and oxygen atoms in total. The van der Waals surface area contributed by atoms with Crippen molar-refractivity contribution in [3.8, 4) is 0 Å². The number of nitrogens with one attached hydrogen (secondary N) is 1. The predicted octanol–water partition coefficient (Wildman–Crippen LogP) is 1.05. The van der Waals surface area contributed by atoms with Crippen LogP contribution in [0.3, 0.4) is 0 Å². The van der Waals surface area contributed by atoms with Crippen LogP contribution in [0, 0.1) is 5.92 Å². The lowest BCUT2D eigenvalue weighted by atomic mass is 10.3. The molecule has 1 aromatic heterocycles. The second kappa shape index (κ2) is 3.24. The van der Waals surface area contributed by atoms with Crippen LogP contribution in [0.15, 0.2) is 18.3 Å². The molecular formula is C10H14N2O. The fourth-order valence-electron chi connectivity index (χ4n) is 1.35. The highest BCUT2D eigenvalue weighted by Crippen LogP contribution is 2.28. The van der Waals surface area contributed by atoms with Crippen LogP contribution in [-0.2, 0) is 18.4 Å². The van der Waals surface area contributed by atoms with Crippen LogP contribution in [0.4, 0.5) is 0 Å². The molecule has 0 atom stereocenters. The molecule has 0 aromatic carbocycles. The first-order chi connectivity index (χ1) is 6.27. The summed E-state index contributed by atoms with van der Waals surface area (Å²) < 4.78 is 2.02. The second-order valence-corrected chi connectivity index (χ2v) is 3.60. The van der Waals surface area contributed by atoms with Gasteiger partial charge in [-0.1, -0.05) is 0 Å². The van der Waals surface area contributed by atoms with E-state index in [4.69, 9.17) is 0 Å². The molecule has 13 heavy (non-hydrogen) atoms. The molecule has 1 aliphatic rings. The van der Waals surface area contributed by atoms with Crippen LogP contribution in [-0.4, -0.2) is 10.5 Å². The highest BCUT2D eigenvalue weighted by Gasteiger charge is 2.29. The van der Waals surface area contributed by atoms with Gasteiger partial charge in [-0.3, -0.25) is 4.79 Å². The van der Waals surface area contributed by atoms with Crippen molar-refractivity contribution in [3.05, 3.63) is 24.0 Å². The fourth-order valence-corrected chi connectivity index (χ4v) is 1.35. The molecular weight excluding hydrogens is 164 g/mol. The highest BCUT2D eigenvalue weighted by atomic mass is 16.2. The summed E-state index contributed by atoms with van der Waals surface area (Å²) in [5.41, 5.74) is 1.15. The SMILES string of the molecule is Cn1cccc1CNC(=O)C1CC1. The van der Waals surface area contributed by atoms with E-state index in [2.05, 4.69) is 5.32 Å². The quantitative estimate of drug-likeness (QED) is 0.737. The number of carbonyl (C=O) groups excluding carboxylic acids is 1. The average molecular weight is 178 g/mol. The Labute approximate surface area is 77.7 Å². The van der Waals surface area contributed by atoms with E-state index < -0.39 is 0 Å². The molecule has 1 N–H and O–H groups in total. The molecule has 1 heterocycles. The van der Waals surface area contributed by atoms with Crippen molar-refractivity contribution >= 4 is 5.91 Å². The van der Waals surface area contributed by atoms with Gasteiger partial charge in [-0.2, -0.15) is 0 Å². The van der Waals surface area contributed by atoms with Gasteiger partial charge >= 0.3 is 0 Å². The topological polar surface area (TPSA) is 34.0 Å². The predicted molar refractivity (Wildman–Crippen MR) is 50.0 cm³/mol. The minimum absolute atomic E-state index is 0.209. The minimum atomic E-state index is 0.209. The van der Waals surface area contributed by atoms with E-state index in [0.717, 1.165) is 18.5 Å². The van der Waals surface area contributed by atoms with Crippen LogP contribution >= 0.6 is 0 Å². The van der Waals surface area contributed by atoms with Crippen LogP contribution in [0.5, 0.6) is 0 Å². The Morgan fingerprint density at radius 2 is 2.46 bits per heavy atom. The molecule has 0 saturated heterocycles. The van der Waals surface area contributed by atoms with E-state index in [1.165, 1.54) is 0 Å². The normalized spacial score (nSPS) is 15.8. The molecule has 1 saturated carbocycles. The van der Waals surface area contributed by atoms with Crippen LogP contribution in [0.2, 0.25) is 0 Å². The van der Waals surface area contributed by atoms with Crippen LogP contribution in [0.25, 0.3) is 0 Å². The Balaban J connectivity index is 1.85. The van der Waals surface area contributed by atoms with E-state index in [0.29, 0.717) is 12.5 Å². The molecule has 0 aliphatic heterocycles. The van der Waals surface area contributed by atoms with Gasteiger partial charge in [0.2, 0.25) is 5.91 Å². The molecule has 0 radical (unpaired) electrons. The Morgan fingerprint density at radius 1 is 1.69 bits per heavy atom. The number of carbonyl (C=O) groups is 1. The molecule has 2 rings (SSSR count). The highest BCUT2D eigenvalue weighted by molar-refractivity contribution is 5.80. The zero-order chi connectivity index (χ0) is 9.26. The van der Waals surface area contributed by atoms with Crippen molar-refractivity contribution in [2.75, 3.05) is 0 Å². The number of hydrogen-bond acceptors (Lipinski definition) is 1. The summed E-state index contributed by atoms with van der Waals surface area (Å²) in [5, 5.41) is 2.93. The number of nitrogens with zero attached hydrogens (tertiary/aromatic N) is 1. The monoisotopic (exact) mass is 178 g/mol. The van der Waals surface area contributed by atoms with Crippen molar-refractivity contribution in [1.82, 2.24) is 9.88 Å². The van der Waals surface area contributed by atoms with Gasteiger partial charge in [0.25, 0.3) is 0 Å². The number of aryl methyl sites for hydroxylation is 1. The van der Waals surface area contributed by atoms with Gasteiger partial charge in [-0.25, -0.2) is 0 Å². The Hall–Kier alpha value is -1.25. The van der Waals surface area contributed by atoms with Crippen LogP contribution < -0.4 is 5.32 Å². The standard InChI is InChI=1S/C10H14N2O/c1-12-6-2-3-9(12)7-11-10(13)8-4-5-8/h2-3,6,8H,4-5,7H2,1H3,(H,11,13). The van der Waals surface area contributed by atoms with Crippen molar-refractivity contribution in [1.29, 1.82) is 0 Å². The Bertz CT molecular complexity index is 312. The molecule has 1 aliphatic carbocycles. The van der Waals surface area contributed by atoms with Gasteiger partial charge in [0, 0.05) is 24.9 Å². The average Bonchev–Trinajstić information content (AvgIpc) is 2.88. The van der Waals surface area contributed by atoms with Crippen molar-refractivity contribution < 1.29 is 4.79 Å². The maximum Gasteiger partial charge on any atom is 0.223 e. The second-order valence-electron chi connectivity index (χ2n) is 3.60. The first-order valence-corrected chi connectivity index (χ1v) is 4.65. The summed E-state index contributed by atoms with van der Waals surface area (Å²) in [5.74, 6) is 0.515. The molecule has 70 valence electrons. The first kappa shape index (κ1) is 8.35. The summed E-state index contributed by atoms with van der Waals surface area (Å²) in [6, 6.07) is 4.01. The van der Waals surface area contributed by atoms with Gasteiger partial charge < -0.3 is 9.88 Å². The van der Waals surface area contributed by atoms with Gasteiger partial charge in [0.1, 0.15) is 0 Å². The van der Waals surface area contributed by atoms with Gasteiger partial charge in [-0.05, 0) is 25.0 Å². The minimum Gasteiger partial charge on any atom is -0.353 e. The molecule has 0 spiro atoms. The Kier molecular flexibility index (Phi) is 2.08. The summed E-state index contributed by atoms with van der Waals surface area (Å²) in [4.78, 5) is 11.3. The van der Waals surface area contributed by atoms with E-state index in [-0.39, 0.29) is 5.91 Å². The zero-order valence-electron chi connectivity index (χ0n) is 7.79. The lowest BCUT2D eigenvalue weighted by Crippen LogP contribution is -2.25. The largest absolute Gasteiger partial charge is 0.353 e. The maximum atomic E-state index is 11.3. The summed E-state index contributed by atoms with van der Waals surface area (Å²) in [7, 11) is 1.98. The molecule has 1 aromatic rings. The molecule has 0 bridgehead atoms. The zero-order valence-corrected chi connectivity index (χ0v) is 7.79. The number of amides is 1. The van der Waals surface area contributed by atoms with Gasteiger partial charge in [0.05, 0.1) is 6.54 Å². The third-order valence-electron chi connectivity index (χ3n) is 2.44. The smallest absolute Gasteiger partial charge is 0.223 e. The van der Waals surface area contributed by atoms with E-state index in [1.54, 1.807) is 0 Å². The lowest BCUT2D eigenvalue weighted by molar-refractivity contribution is -0.122. The van der Waals surface area contributed by atoms with E-state index in [9.17, 15) is 4.79 Å². The fraction of sp³-hybridized carbons (Fsp3) is 0.500. The van der Waals surface area contributed by atoms with Crippen molar-refractivity contribution in [2.45, 2.75) is 19.4 Å². The van der Waals surface area contributed by atoms with Crippen molar-refractivity contribution in [3.63, 3.8) is 0 Å². The number of rotatable bonds is 3. The van der Waals surface area contributed by atoms with E-state index >= 15 is 0 Å². The molecule has 3 heteroatoms. The summed E-state index contributed by atoms with van der Waals surface area (Å²) >= 11 is 0. The number of aromatic nitrogens is 1. The molecule has 1 amide bonds. The third-order valence-corrected chi connectivity index (χ3v) is 2.44. The third kappa shape index (κ3) is 1.91.